The van der Waals surface area contributed by atoms with Crippen molar-refractivity contribution in [2.45, 2.75) is 52.2 Å². The van der Waals surface area contributed by atoms with E-state index in [9.17, 15) is 14.0 Å². The number of hydrogen-bond acceptors (Lipinski definition) is 7. The number of hydrogen-bond donors (Lipinski definition) is 1. The summed E-state index contributed by atoms with van der Waals surface area (Å²) in [4.78, 5) is 39.7. The molecule has 1 atom stereocenters. The van der Waals surface area contributed by atoms with Crippen molar-refractivity contribution in [1.29, 1.82) is 0 Å². The largest absolute Gasteiger partial charge is 0.460 e. The molecule has 2 heterocycles. The van der Waals surface area contributed by atoms with Crippen molar-refractivity contribution in [1.82, 2.24) is 14.9 Å². The molecule has 5 rings (SSSR count). The summed E-state index contributed by atoms with van der Waals surface area (Å²) in [6, 6.07) is 21.7. The lowest BCUT2D eigenvalue weighted by molar-refractivity contribution is -0.154. The molecule has 4 aromatic rings. The second kappa shape index (κ2) is 12.8. The first-order chi connectivity index (χ1) is 20.6. The van der Waals surface area contributed by atoms with E-state index < -0.39 is 5.60 Å². The molecule has 1 amide bonds. The van der Waals surface area contributed by atoms with Crippen LogP contribution in [0, 0.1) is 5.82 Å². The molecule has 0 unspecified atom stereocenters. The summed E-state index contributed by atoms with van der Waals surface area (Å²) in [6.45, 7) is 9.97. The second-order valence-corrected chi connectivity index (χ2v) is 11.9. The molecule has 0 spiro atoms. The number of anilines is 2. The normalized spacial score (nSPS) is 15.4. The number of ether oxygens (including phenoxy) is 1. The first-order valence-electron chi connectivity index (χ1n) is 14.7. The molecule has 1 fully saturated rings. The highest BCUT2D eigenvalue weighted by molar-refractivity contribution is 5.98. The number of nitrogens with one attached hydrogen (secondary N) is 1. The van der Waals surface area contributed by atoms with Gasteiger partial charge in [-0.15, -0.1) is 0 Å². The predicted molar refractivity (Wildman–Crippen MR) is 168 cm³/mol. The van der Waals surface area contributed by atoms with Crippen molar-refractivity contribution in [3.63, 3.8) is 0 Å². The quantitative estimate of drug-likeness (QED) is 0.192. The Bertz CT molecular complexity index is 1590. The molecular formula is C34H38FN5O3. The third-order valence-corrected chi connectivity index (χ3v) is 7.31. The Balaban J connectivity index is 1.33. The van der Waals surface area contributed by atoms with Crippen molar-refractivity contribution < 1.29 is 18.7 Å². The molecule has 1 aromatic heterocycles. The number of benzene rings is 3. The van der Waals surface area contributed by atoms with Gasteiger partial charge in [0.1, 0.15) is 17.1 Å². The number of fused-ring (bicyclic) bond motifs is 1. The van der Waals surface area contributed by atoms with E-state index in [4.69, 9.17) is 14.7 Å². The topological polar surface area (TPSA) is 87.7 Å². The maximum absolute atomic E-state index is 13.6. The number of piperazine rings is 1. The van der Waals surface area contributed by atoms with E-state index in [1.54, 1.807) is 24.3 Å². The molecule has 9 heteroatoms. The number of nitrogens with zero attached hydrogens (tertiary/aromatic N) is 4. The Labute approximate surface area is 251 Å². The van der Waals surface area contributed by atoms with Gasteiger partial charge in [0, 0.05) is 55.5 Å². The standard InChI is InChI=1S/C34H38FN5O3/c1-23-22-39(27-15-13-26(35)14-16-27)19-20-40(23)33(42)25-12-17-28-29(21-25)38-32(31(37-28)24-9-6-5-7-10-24)36-18-8-11-30(41)43-34(2,3)4/h5-7,9-10,12-17,21,23H,8,11,18-20,22H2,1-4H3,(H,36,38)/t23-/m1/s1. The maximum Gasteiger partial charge on any atom is 0.306 e. The van der Waals surface area contributed by atoms with Gasteiger partial charge < -0.3 is 19.9 Å². The maximum atomic E-state index is 13.6. The van der Waals surface area contributed by atoms with Crippen LogP contribution >= 0.6 is 0 Å². The molecule has 1 aliphatic rings. The molecule has 0 bridgehead atoms. The fourth-order valence-corrected chi connectivity index (χ4v) is 5.25. The van der Waals surface area contributed by atoms with Gasteiger partial charge in [-0.3, -0.25) is 9.59 Å². The van der Waals surface area contributed by atoms with Crippen LogP contribution in [0.25, 0.3) is 22.3 Å². The molecule has 43 heavy (non-hydrogen) atoms. The number of esters is 1. The first-order valence-corrected chi connectivity index (χ1v) is 14.7. The number of halogens is 1. The minimum atomic E-state index is -0.516. The molecule has 0 aliphatic carbocycles. The molecule has 3 aromatic carbocycles. The Morgan fingerprint density at radius 3 is 2.42 bits per heavy atom. The summed E-state index contributed by atoms with van der Waals surface area (Å²) in [5.74, 6) is 0.0286. The van der Waals surface area contributed by atoms with Gasteiger partial charge in [0.25, 0.3) is 5.91 Å². The number of aromatic nitrogens is 2. The fraction of sp³-hybridized carbons (Fsp3) is 0.353. The van der Waals surface area contributed by atoms with Crippen LogP contribution in [-0.4, -0.2) is 64.6 Å². The van der Waals surface area contributed by atoms with E-state index >= 15 is 0 Å². The molecule has 8 nitrogen and oxygen atoms in total. The smallest absolute Gasteiger partial charge is 0.306 e. The van der Waals surface area contributed by atoms with Crippen LogP contribution in [0.2, 0.25) is 0 Å². The van der Waals surface area contributed by atoms with E-state index in [2.05, 4.69) is 10.2 Å². The van der Waals surface area contributed by atoms with Gasteiger partial charge >= 0.3 is 5.97 Å². The molecule has 0 radical (unpaired) electrons. The number of rotatable bonds is 8. The average Bonchev–Trinajstić information content (AvgIpc) is 2.98. The van der Waals surface area contributed by atoms with Crippen LogP contribution in [0.3, 0.4) is 0 Å². The minimum absolute atomic E-state index is 0.0317. The summed E-state index contributed by atoms with van der Waals surface area (Å²) in [5, 5.41) is 3.36. The molecule has 1 aliphatic heterocycles. The predicted octanol–water partition coefficient (Wildman–Crippen LogP) is 6.32. The van der Waals surface area contributed by atoms with Gasteiger partial charge in [0.2, 0.25) is 0 Å². The lowest BCUT2D eigenvalue weighted by atomic mass is 10.1. The zero-order chi connectivity index (χ0) is 30.6. The van der Waals surface area contributed by atoms with Crippen molar-refractivity contribution in [3.05, 3.63) is 84.2 Å². The number of carbonyl (C=O) groups excluding carboxylic acids is 2. The van der Waals surface area contributed by atoms with Crippen molar-refractivity contribution in [3.8, 4) is 11.3 Å². The van der Waals surface area contributed by atoms with E-state index in [-0.39, 0.29) is 30.2 Å². The van der Waals surface area contributed by atoms with Crippen LogP contribution in [0.1, 0.15) is 50.9 Å². The third kappa shape index (κ3) is 7.46. The van der Waals surface area contributed by atoms with Crippen molar-refractivity contribution in [2.24, 2.45) is 0 Å². The molecule has 1 N–H and O–H groups in total. The van der Waals surface area contributed by atoms with E-state index in [0.717, 1.165) is 11.3 Å². The second-order valence-electron chi connectivity index (χ2n) is 11.9. The summed E-state index contributed by atoms with van der Waals surface area (Å²) >= 11 is 0. The number of amides is 1. The Kier molecular flexibility index (Phi) is 8.89. The van der Waals surface area contributed by atoms with Crippen LogP contribution in [0.15, 0.2) is 72.8 Å². The van der Waals surface area contributed by atoms with Gasteiger partial charge in [0.15, 0.2) is 5.82 Å². The highest BCUT2D eigenvalue weighted by Gasteiger charge is 2.28. The summed E-state index contributed by atoms with van der Waals surface area (Å²) in [6.07, 6.45) is 0.861. The Hall–Kier alpha value is -4.53. The first kappa shape index (κ1) is 29.9. The van der Waals surface area contributed by atoms with Crippen molar-refractivity contribution in [2.75, 3.05) is 36.4 Å². The zero-order valence-corrected chi connectivity index (χ0v) is 25.1. The highest BCUT2D eigenvalue weighted by Crippen LogP contribution is 2.28. The van der Waals surface area contributed by atoms with Crippen LogP contribution in [0.4, 0.5) is 15.9 Å². The molecule has 224 valence electrons. The fourth-order valence-electron chi connectivity index (χ4n) is 5.25. The zero-order valence-electron chi connectivity index (χ0n) is 25.1. The lowest BCUT2D eigenvalue weighted by Gasteiger charge is -2.41. The van der Waals surface area contributed by atoms with Crippen LogP contribution in [-0.2, 0) is 9.53 Å². The van der Waals surface area contributed by atoms with E-state index in [1.165, 1.54) is 12.1 Å². The Morgan fingerprint density at radius 2 is 1.72 bits per heavy atom. The minimum Gasteiger partial charge on any atom is -0.460 e. The summed E-state index contributed by atoms with van der Waals surface area (Å²) < 4.78 is 18.8. The monoisotopic (exact) mass is 583 g/mol. The number of carbonyl (C=O) groups is 2. The van der Waals surface area contributed by atoms with Gasteiger partial charge in [-0.05, 0) is 76.6 Å². The Morgan fingerprint density at radius 1 is 0.977 bits per heavy atom. The van der Waals surface area contributed by atoms with Crippen LogP contribution in [0.5, 0.6) is 0 Å². The highest BCUT2D eigenvalue weighted by atomic mass is 19.1. The van der Waals surface area contributed by atoms with Gasteiger partial charge in [-0.1, -0.05) is 30.3 Å². The lowest BCUT2D eigenvalue weighted by Crippen LogP contribution is -2.54. The summed E-state index contributed by atoms with van der Waals surface area (Å²) in [7, 11) is 0. The van der Waals surface area contributed by atoms with E-state index in [1.807, 2.05) is 69.0 Å². The molecular weight excluding hydrogens is 545 g/mol. The van der Waals surface area contributed by atoms with Gasteiger partial charge in [-0.25, -0.2) is 14.4 Å². The summed E-state index contributed by atoms with van der Waals surface area (Å²) in [5.41, 5.74) is 3.89. The average molecular weight is 584 g/mol. The third-order valence-electron chi connectivity index (χ3n) is 7.31. The SMILES string of the molecule is C[C@@H]1CN(c2ccc(F)cc2)CCN1C(=O)c1ccc2nc(-c3ccccc3)c(NCCCC(=O)OC(C)(C)C)nc2c1. The molecule has 1 saturated heterocycles. The van der Waals surface area contributed by atoms with Gasteiger partial charge in [0.05, 0.1) is 11.0 Å². The molecule has 0 saturated carbocycles. The van der Waals surface area contributed by atoms with E-state index in [0.29, 0.717) is 60.7 Å². The van der Waals surface area contributed by atoms with Gasteiger partial charge in [-0.2, -0.15) is 0 Å². The van der Waals surface area contributed by atoms with Crippen LogP contribution < -0.4 is 10.2 Å². The van der Waals surface area contributed by atoms with Crippen molar-refractivity contribution >= 4 is 34.4 Å².